The summed E-state index contributed by atoms with van der Waals surface area (Å²) >= 11 is 3.27. The maximum absolute atomic E-state index is 11.2. The third-order valence-electron chi connectivity index (χ3n) is 1.79. The van der Waals surface area contributed by atoms with Crippen molar-refractivity contribution in [2.75, 3.05) is 13.7 Å². The minimum Gasteiger partial charge on any atom is -0.466 e. The van der Waals surface area contributed by atoms with Crippen LogP contribution in [0.25, 0.3) is 0 Å². The van der Waals surface area contributed by atoms with Gasteiger partial charge in [0.1, 0.15) is 0 Å². The monoisotopic (exact) mass is 277 g/mol. The largest absolute Gasteiger partial charge is 0.466 e. The lowest BCUT2D eigenvalue weighted by Gasteiger charge is -2.04. The highest BCUT2D eigenvalue weighted by atomic mass is 79.9. The summed E-state index contributed by atoms with van der Waals surface area (Å²) in [6.07, 6.45) is 1.72. The molecule has 0 radical (unpaired) electrons. The zero-order chi connectivity index (χ0) is 11.8. The summed E-state index contributed by atoms with van der Waals surface area (Å²) in [6.45, 7) is 3.32. The van der Waals surface area contributed by atoms with E-state index in [0.29, 0.717) is 11.3 Å². The first-order chi connectivity index (χ1) is 7.06. The van der Waals surface area contributed by atoms with E-state index in [-0.39, 0.29) is 6.61 Å². The Morgan fingerprint density at radius 2 is 2.13 bits per heavy atom. The first-order valence-electron chi connectivity index (χ1n) is 4.68. The van der Waals surface area contributed by atoms with Gasteiger partial charge in [-0.25, -0.2) is 9.79 Å². The minimum absolute atomic E-state index is 0.278. The Kier molecular flexibility index (Phi) is 7.25. The van der Waals surface area contributed by atoms with Crippen molar-refractivity contribution in [3.8, 4) is 0 Å². The summed E-state index contributed by atoms with van der Waals surface area (Å²) in [4.78, 5) is 15.3. The number of aliphatic imine (C=N–C) groups is 1. The molecular weight excluding hydrogens is 262 g/mol. The van der Waals surface area contributed by atoms with Gasteiger partial charge in [0.25, 0.3) is 0 Å². The van der Waals surface area contributed by atoms with Crippen LogP contribution in [-0.4, -0.2) is 29.4 Å². The average Bonchev–Trinajstić information content (AvgIpc) is 2.24. The molecule has 0 rings (SSSR count). The van der Waals surface area contributed by atoms with Crippen LogP contribution in [0.1, 0.15) is 26.7 Å². The van der Waals surface area contributed by atoms with Crippen molar-refractivity contribution < 1.29 is 14.6 Å². The number of hydrogen-bond donors (Lipinski definition) is 1. The van der Waals surface area contributed by atoms with Crippen molar-refractivity contribution in [2.24, 2.45) is 4.99 Å². The molecule has 0 amide bonds. The van der Waals surface area contributed by atoms with Gasteiger partial charge in [-0.3, -0.25) is 0 Å². The van der Waals surface area contributed by atoms with Crippen molar-refractivity contribution >= 4 is 26.5 Å². The molecule has 0 aromatic rings. The number of esters is 1. The minimum atomic E-state index is -0.473. The number of nitrogens with zero attached hydrogens (tertiary/aromatic N) is 1. The van der Waals surface area contributed by atoms with Gasteiger partial charge in [0.2, 0.25) is 0 Å². The summed E-state index contributed by atoms with van der Waals surface area (Å²) in [5, 5.41) is 9.06. The maximum atomic E-state index is 11.2. The Hall–Kier alpha value is -0.680. The van der Waals surface area contributed by atoms with E-state index in [1.54, 1.807) is 6.92 Å². The highest BCUT2D eigenvalue weighted by molar-refractivity contribution is 9.18. The van der Waals surface area contributed by atoms with Crippen LogP contribution in [-0.2, 0) is 9.53 Å². The molecule has 0 aromatic heterocycles. The van der Waals surface area contributed by atoms with Gasteiger partial charge in [0.15, 0.2) is 0 Å². The number of ether oxygens (including phenoxy) is 1. The molecule has 0 aromatic carbocycles. The third-order valence-corrected chi connectivity index (χ3v) is 2.36. The molecule has 0 bridgehead atoms. The van der Waals surface area contributed by atoms with Gasteiger partial charge in [-0.1, -0.05) is 13.3 Å². The first-order valence-corrected chi connectivity index (χ1v) is 5.48. The molecule has 0 aliphatic rings. The molecule has 0 spiro atoms. The summed E-state index contributed by atoms with van der Waals surface area (Å²) in [5.41, 5.74) is 0.662. The summed E-state index contributed by atoms with van der Waals surface area (Å²) in [5.74, 6) is -0.473. The molecule has 15 heavy (non-hydrogen) atoms. The van der Waals surface area contributed by atoms with Crippen LogP contribution in [0.15, 0.2) is 16.3 Å². The fraction of sp³-hybridized carbons (Fsp3) is 0.600. The molecule has 0 heterocycles. The van der Waals surface area contributed by atoms with Crippen molar-refractivity contribution in [3.63, 3.8) is 0 Å². The fourth-order valence-electron chi connectivity index (χ4n) is 0.917. The molecule has 4 nitrogen and oxygen atoms in total. The number of aliphatic hydroxyl groups excluding tert-OH is 1. The first kappa shape index (κ1) is 14.3. The van der Waals surface area contributed by atoms with Crippen molar-refractivity contribution in [2.45, 2.75) is 26.7 Å². The van der Waals surface area contributed by atoms with E-state index in [1.165, 1.54) is 7.11 Å². The molecular formula is C10H16BrNO3. The quantitative estimate of drug-likeness (QED) is 0.475. The zero-order valence-corrected chi connectivity index (χ0v) is 10.8. The smallest absolute Gasteiger partial charge is 0.335 e. The highest BCUT2D eigenvalue weighted by Crippen LogP contribution is 2.11. The van der Waals surface area contributed by atoms with Crippen molar-refractivity contribution in [1.82, 2.24) is 0 Å². The number of hydrogen-bond acceptors (Lipinski definition) is 4. The van der Waals surface area contributed by atoms with E-state index in [2.05, 4.69) is 25.7 Å². The number of halogens is 1. The molecule has 1 N–H and O–H groups in total. The second-order valence-electron chi connectivity index (χ2n) is 2.96. The molecule has 0 atom stereocenters. The van der Waals surface area contributed by atoms with Crippen LogP contribution >= 0.6 is 15.9 Å². The molecule has 0 saturated carbocycles. The Labute approximate surface area is 98.2 Å². The van der Waals surface area contributed by atoms with Gasteiger partial charge in [0, 0.05) is 0 Å². The molecule has 0 aliphatic carbocycles. The van der Waals surface area contributed by atoms with Gasteiger partial charge in [0.05, 0.1) is 29.6 Å². The number of rotatable bonds is 5. The molecule has 0 saturated heterocycles. The SMILES string of the molecule is CCCC(Br)=N/C(CO)=C(\C)C(=O)OC. The lowest BCUT2D eigenvalue weighted by Crippen LogP contribution is -2.07. The summed E-state index contributed by atoms with van der Waals surface area (Å²) in [6, 6.07) is 0. The van der Waals surface area contributed by atoms with Crippen LogP contribution in [0, 0.1) is 0 Å². The Morgan fingerprint density at radius 3 is 2.53 bits per heavy atom. The fourth-order valence-corrected chi connectivity index (χ4v) is 1.53. The predicted octanol–water partition coefficient (Wildman–Crippen LogP) is 2.02. The molecule has 5 heteroatoms. The van der Waals surface area contributed by atoms with Crippen LogP contribution in [0.3, 0.4) is 0 Å². The van der Waals surface area contributed by atoms with Gasteiger partial charge in [-0.15, -0.1) is 0 Å². The van der Waals surface area contributed by atoms with Gasteiger partial charge in [-0.05, 0) is 29.3 Å². The third kappa shape index (κ3) is 5.09. The van der Waals surface area contributed by atoms with Crippen molar-refractivity contribution in [3.05, 3.63) is 11.3 Å². The topological polar surface area (TPSA) is 58.9 Å². The Morgan fingerprint density at radius 1 is 1.53 bits per heavy atom. The van der Waals surface area contributed by atoms with Crippen molar-refractivity contribution in [1.29, 1.82) is 0 Å². The second-order valence-corrected chi connectivity index (χ2v) is 3.87. The molecule has 0 unspecified atom stereocenters. The lowest BCUT2D eigenvalue weighted by molar-refractivity contribution is -0.136. The molecule has 86 valence electrons. The van der Waals surface area contributed by atoms with Crippen LogP contribution < -0.4 is 0 Å². The van der Waals surface area contributed by atoms with E-state index in [1.807, 2.05) is 6.92 Å². The maximum Gasteiger partial charge on any atom is 0.335 e. The Balaban J connectivity index is 4.89. The number of aliphatic hydroxyl groups is 1. The second kappa shape index (κ2) is 7.59. The predicted molar refractivity (Wildman–Crippen MR) is 63.1 cm³/mol. The average molecular weight is 278 g/mol. The molecule has 0 aliphatic heterocycles. The Bertz CT molecular complexity index is 284. The normalized spacial score (nSPS) is 13.5. The molecule has 0 fully saturated rings. The van der Waals surface area contributed by atoms with E-state index in [0.717, 1.165) is 17.5 Å². The van der Waals surface area contributed by atoms with Gasteiger partial charge < -0.3 is 9.84 Å². The van der Waals surface area contributed by atoms with E-state index >= 15 is 0 Å². The number of carbonyl (C=O) groups excluding carboxylic acids is 1. The number of methoxy groups -OCH3 is 1. The highest BCUT2D eigenvalue weighted by Gasteiger charge is 2.10. The zero-order valence-electron chi connectivity index (χ0n) is 9.21. The van der Waals surface area contributed by atoms with Crippen LogP contribution in [0.2, 0.25) is 0 Å². The standard InChI is InChI=1S/C10H16BrNO3/c1-4-5-9(11)12-8(6-13)7(2)10(14)15-3/h13H,4-6H2,1-3H3/b8-7+,12-9?. The van der Waals surface area contributed by atoms with E-state index in [9.17, 15) is 4.79 Å². The van der Waals surface area contributed by atoms with Crippen LogP contribution in [0.5, 0.6) is 0 Å². The van der Waals surface area contributed by atoms with E-state index in [4.69, 9.17) is 5.11 Å². The van der Waals surface area contributed by atoms with E-state index < -0.39 is 5.97 Å². The summed E-state index contributed by atoms with van der Waals surface area (Å²) in [7, 11) is 1.30. The lowest BCUT2D eigenvalue weighted by atomic mass is 10.2. The number of carbonyl (C=O) groups is 1. The summed E-state index contributed by atoms with van der Waals surface area (Å²) < 4.78 is 5.26. The van der Waals surface area contributed by atoms with Crippen LogP contribution in [0.4, 0.5) is 0 Å². The van der Waals surface area contributed by atoms with Gasteiger partial charge in [-0.2, -0.15) is 0 Å². The van der Waals surface area contributed by atoms with Gasteiger partial charge >= 0.3 is 5.97 Å².